The van der Waals surface area contributed by atoms with Gasteiger partial charge in [-0.05, 0) is 24.3 Å². The van der Waals surface area contributed by atoms with E-state index in [1.807, 2.05) is 0 Å². The lowest BCUT2D eigenvalue weighted by Crippen LogP contribution is -2.18. The monoisotopic (exact) mass is 274 g/mol. The van der Waals surface area contributed by atoms with Gasteiger partial charge < -0.3 is 10.2 Å². The van der Waals surface area contributed by atoms with Gasteiger partial charge in [0.25, 0.3) is 0 Å². The standard InChI is InChI=1S/C14H10O6/c1-3-9(15)7-5-6-8(13(17)18)12(14(19)20)11(7)10(16)4-2/h3-6H,1-2H2,(H,17,18)(H,19,20). The minimum atomic E-state index is -1.62. The molecule has 0 aliphatic heterocycles. The quantitative estimate of drug-likeness (QED) is 0.605. The van der Waals surface area contributed by atoms with Crippen molar-refractivity contribution in [3.63, 3.8) is 0 Å². The molecular formula is C14H10O6. The Morgan fingerprint density at radius 3 is 1.70 bits per heavy atom. The molecule has 1 rings (SSSR count). The molecule has 0 radical (unpaired) electrons. The number of carboxylic acids is 2. The molecule has 0 amide bonds. The SMILES string of the molecule is C=CC(=O)c1ccc(C(=O)O)c(C(=O)O)c1C(=O)C=C. The van der Waals surface area contributed by atoms with Crippen molar-refractivity contribution >= 4 is 23.5 Å². The Labute approximate surface area is 113 Å². The number of carbonyl (C=O) groups is 4. The molecule has 0 atom stereocenters. The number of benzene rings is 1. The van der Waals surface area contributed by atoms with E-state index in [9.17, 15) is 19.2 Å². The summed E-state index contributed by atoms with van der Waals surface area (Å²) in [6, 6.07) is 2.04. The highest BCUT2D eigenvalue weighted by Gasteiger charge is 2.27. The van der Waals surface area contributed by atoms with Crippen molar-refractivity contribution in [2.24, 2.45) is 0 Å². The van der Waals surface area contributed by atoms with Crippen LogP contribution in [0.25, 0.3) is 0 Å². The van der Waals surface area contributed by atoms with Crippen LogP contribution in [-0.4, -0.2) is 33.7 Å². The second-order valence-corrected chi connectivity index (χ2v) is 3.66. The van der Waals surface area contributed by atoms with Crippen LogP contribution in [0.2, 0.25) is 0 Å². The number of allylic oxidation sites excluding steroid dienone is 2. The van der Waals surface area contributed by atoms with Crippen LogP contribution in [0, 0.1) is 0 Å². The lowest BCUT2D eigenvalue weighted by atomic mass is 9.91. The third-order valence-electron chi connectivity index (χ3n) is 2.53. The second-order valence-electron chi connectivity index (χ2n) is 3.66. The normalized spacial score (nSPS) is 9.60. The fourth-order valence-electron chi connectivity index (χ4n) is 1.68. The van der Waals surface area contributed by atoms with E-state index in [4.69, 9.17) is 10.2 Å². The molecule has 0 spiro atoms. The minimum Gasteiger partial charge on any atom is -0.478 e. The third kappa shape index (κ3) is 2.54. The van der Waals surface area contributed by atoms with Crippen LogP contribution < -0.4 is 0 Å². The average molecular weight is 274 g/mol. The molecule has 1 aromatic rings. The summed E-state index contributed by atoms with van der Waals surface area (Å²) < 4.78 is 0. The Bertz CT molecular complexity index is 654. The van der Waals surface area contributed by atoms with Crippen LogP contribution in [0.5, 0.6) is 0 Å². The van der Waals surface area contributed by atoms with Crippen molar-refractivity contribution in [2.45, 2.75) is 0 Å². The summed E-state index contributed by atoms with van der Waals surface area (Å²) in [5.41, 5.74) is -2.05. The van der Waals surface area contributed by atoms with Gasteiger partial charge in [-0.15, -0.1) is 0 Å². The van der Waals surface area contributed by atoms with Crippen LogP contribution in [0.3, 0.4) is 0 Å². The molecule has 0 fully saturated rings. The molecule has 2 N–H and O–H groups in total. The molecule has 0 heterocycles. The van der Waals surface area contributed by atoms with E-state index < -0.39 is 40.2 Å². The van der Waals surface area contributed by atoms with Gasteiger partial charge in [-0.25, -0.2) is 9.59 Å². The smallest absolute Gasteiger partial charge is 0.337 e. The van der Waals surface area contributed by atoms with Crippen LogP contribution >= 0.6 is 0 Å². The summed E-state index contributed by atoms with van der Waals surface area (Å²) in [4.78, 5) is 45.7. The van der Waals surface area contributed by atoms with Crippen molar-refractivity contribution < 1.29 is 29.4 Å². The Morgan fingerprint density at radius 1 is 0.800 bits per heavy atom. The first-order chi connectivity index (χ1) is 9.34. The first-order valence-electron chi connectivity index (χ1n) is 5.32. The number of aromatic carboxylic acids is 2. The molecule has 0 saturated heterocycles. The number of hydrogen-bond acceptors (Lipinski definition) is 4. The van der Waals surface area contributed by atoms with Crippen molar-refractivity contribution in [1.82, 2.24) is 0 Å². The van der Waals surface area contributed by atoms with Crippen LogP contribution in [0.1, 0.15) is 41.4 Å². The molecule has 0 aliphatic rings. The van der Waals surface area contributed by atoms with Crippen molar-refractivity contribution in [1.29, 1.82) is 0 Å². The molecule has 6 nitrogen and oxygen atoms in total. The van der Waals surface area contributed by atoms with Gasteiger partial charge in [0.1, 0.15) is 0 Å². The van der Waals surface area contributed by atoms with E-state index >= 15 is 0 Å². The lowest BCUT2D eigenvalue weighted by molar-refractivity contribution is 0.0649. The van der Waals surface area contributed by atoms with Gasteiger partial charge in [0.15, 0.2) is 11.6 Å². The highest BCUT2D eigenvalue weighted by atomic mass is 16.4. The summed E-state index contributed by atoms with van der Waals surface area (Å²) in [6.07, 6.45) is 1.72. The van der Waals surface area contributed by atoms with Crippen molar-refractivity contribution in [3.8, 4) is 0 Å². The zero-order chi connectivity index (χ0) is 15.4. The molecule has 20 heavy (non-hydrogen) atoms. The van der Waals surface area contributed by atoms with Gasteiger partial charge in [-0.2, -0.15) is 0 Å². The largest absolute Gasteiger partial charge is 0.478 e. The number of ketones is 2. The summed E-state index contributed by atoms with van der Waals surface area (Å²) in [6.45, 7) is 6.46. The highest BCUT2D eigenvalue weighted by molar-refractivity contribution is 6.21. The molecular weight excluding hydrogens is 264 g/mol. The zero-order valence-corrected chi connectivity index (χ0v) is 10.3. The number of carbonyl (C=O) groups excluding carboxylic acids is 2. The maximum absolute atomic E-state index is 11.8. The average Bonchev–Trinajstić information content (AvgIpc) is 2.43. The minimum absolute atomic E-state index is 0.229. The third-order valence-corrected chi connectivity index (χ3v) is 2.53. The summed E-state index contributed by atoms with van der Waals surface area (Å²) in [5, 5.41) is 18.1. The Hall–Kier alpha value is -3.02. The van der Waals surface area contributed by atoms with Crippen LogP contribution in [0.15, 0.2) is 37.4 Å². The second kappa shape index (κ2) is 5.75. The molecule has 0 aliphatic carbocycles. The maximum atomic E-state index is 11.8. The molecule has 1 aromatic carbocycles. The fraction of sp³-hybridized carbons (Fsp3) is 0. The summed E-state index contributed by atoms with van der Waals surface area (Å²) in [7, 11) is 0. The lowest BCUT2D eigenvalue weighted by Gasteiger charge is -2.10. The van der Waals surface area contributed by atoms with E-state index in [-0.39, 0.29) is 5.56 Å². The van der Waals surface area contributed by atoms with E-state index in [0.29, 0.717) is 0 Å². The maximum Gasteiger partial charge on any atom is 0.337 e. The number of carboxylic acid groups (broad SMARTS) is 2. The van der Waals surface area contributed by atoms with Crippen LogP contribution in [0.4, 0.5) is 0 Å². The first-order valence-corrected chi connectivity index (χ1v) is 5.32. The molecule has 0 bridgehead atoms. The van der Waals surface area contributed by atoms with Gasteiger partial charge in [0.05, 0.1) is 11.1 Å². The van der Waals surface area contributed by atoms with E-state index in [1.165, 1.54) is 0 Å². The van der Waals surface area contributed by atoms with Gasteiger partial charge in [0, 0.05) is 11.1 Å². The molecule has 0 aromatic heterocycles. The summed E-state index contributed by atoms with van der Waals surface area (Å²) in [5.74, 6) is -4.67. The van der Waals surface area contributed by atoms with E-state index in [0.717, 1.165) is 24.3 Å². The van der Waals surface area contributed by atoms with E-state index in [1.54, 1.807) is 0 Å². The van der Waals surface area contributed by atoms with Gasteiger partial charge in [-0.1, -0.05) is 13.2 Å². The Morgan fingerprint density at radius 2 is 1.30 bits per heavy atom. The Balaban J connectivity index is 3.89. The first kappa shape index (κ1) is 15.0. The predicted octanol–water partition coefficient (Wildman–Crippen LogP) is 1.82. The molecule has 0 saturated carbocycles. The van der Waals surface area contributed by atoms with Crippen LogP contribution in [-0.2, 0) is 0 Å². The molecule has 0 unspecified atom stereocenters. The summed E-state index contributed by atoms with van der Waals surface area (Å²) >= 11 is 0. The molecule has 6 heteroatoms. The predicted molar refractivity (Wildman–Crippen MR) is 69.4 cm³/mol. The van der Waals surface area contributed by atoms with Gasteiger partial charge in [-0.3, -0.25) is 9.59 Å². The topological polar surface area (TPSA) is 109 Å². The highest BCUT2D eigenvalue weighted by Crippen LogP contribution is 2.22. The molecule has 102 valence electrons. The number of hydrogen-bond donors (Lipinski definition) is 2. The van der Waals surface area contributed by atoms with Gasteiger partial charge in [0.2, 0.25) is 0 Å². The Kier molecular flexibility index (Phi) is 4.32. The fourth-order valence-corrected chi connectivity index (χ4v) is 1.68. The zero-order valence-electron chi connectivity index (χ0n) is 10.3. The van der Waals surface area contributed by atoms with Gasteiger partial charge >= 0.3 is 11.9 Å². The van der Waals surface area contributed by atoms with Crippen molar-refractivity contribution in [3.05, 3.63) is 59.7 Å². The van der Waals surface area contributed by atoms with E-state index in [2.05, 4.69) is 13.2 Å². The van der Waals surface area contributed by atoms with Crippen molar-refractivity contribution in [2.75, 3.05) is 0 Å². The number of rotatable bonds is 6.